The third-order valence-electron chi connectivity index (χ3n) is 4.30. The van der Waals surface area contributed by atoms with E-state index in [4.69, 9.17) is 0 Å². The second kappa shape index (κ2) is 7.23. The molecule has 0 unspecified atom stereocenters. The molecule has 0 saturated carbocycles. The first-order valence-electron chi connectivity index (χ1n) is 8.49. The molecule has 0 aliphatic carbocycles. The van der Waals surface area contributed by atoms with E-state index < -0.39 is 34.6 Å². The van der Waals surface area contributed by atoms with Crippen molar-refractivity contribution in [1.29, 1.82) is 0 Å². The zero-order chi connectivity index (χ0) is 20.5. The lowest BCUT2D eigenvalue weighted by Crippen LogP contribution is -2.26. The van der Waals surface area contributed by atoms with Gasteiger partial charge in [-0.1, -0.05) is 36.4 Å². The van der Waals surface area contributed by atoms with Crippen LogP contribution in [0.15, 0.2) is 71.5 Å². The molecule has 0 atom stereocenters. The molecule has 0 fully saturated rings. The summed E-state index contributed by atoms with van der Waals surface area (Å²) in [6.45, 7) is 0. The monoisotopic (exact) mass is 395 g/mol. The maximum absolute atomic E-state index is 14.0. The van der Waals surface area contributed by atoms with E-state index in [1.54, 1.807) is 42.5 Å². The number of aromatic nitrogens is 2. The average Bonchev–Trinajstić information content (AvgIpc) is 2.75. The largest absolute Gasteiger partial charge is 0.318 e. The summed E-state index contributed by atoms with van der Waals surface area (Å²) < 4.78 is 41.6. The average molecular weight is 395 g/mol. The zero-order valence-electron chi connectivity index (χ0n) is 14.7. The normalized spacial score (nSPS) is 10.9. The summed E-state index contributed by atoms with van der Waals surface area (Å²) in [5.74, 6) is -5.48. The number of nitrogens with zero attached hydrogens (tertiary/aromatic N) is 2. The van der Waals surface area contributed by atoms with Crippen molar-refractivity contribution < 1.29 is 18.0 Å². The summed E-state index contributed by atoms with van der Waals surface area (Å²) in [5, 5.41) is 6.79. The summed E-state index contributed by atoms with van der Waals surface area (Å²) in [4.78, 5) is 25.6. The van der Waals surface area contributed by atoms with Crippen molar-refractivity contribution in [2.75, 3.05) is 5.32 Å². The standard InChI is InChI=1S/C21H12F3N3O2/c22-15-10-11-16(18(24)17(15)23)25-20(28)19-13-8-4-5-9-14(13)21(29)27(26-19)12-6-2-1-3-7-12/h1-11H,(H,25,28). The lowest BCUT2D eigenvalue weighted by Gasteiger charge is -2.12. The van der Waals surface area contributed by atoms with Crippen molar-refractivity contribution in [2.45, 2.75) is 0 Å². The van der Waals surface area contributed by atoms with E-state index in [9.17, 15) is 22.8 Å². The van der Waals surface area contributed by atoms with E-state index in [1.165, 1.54) is 12.1 Å². The number of carbonyl (C=O) groups is 1. The lowest BCUT2D eigenvalue weighted by atomic mass is 10.1. The molecule has 0 radical (unpaired) electrons. The van der Waals surface area contributed by atoms with Gasteiger partial charge < -0.3 is 5.32 Å². The Morgan fingerprint density at radius 1 is 0.828 bits per heavy atom. The number of nitrogens with one attached hydrogen (secondary N) is 1. The third-order valence-corrected chi connectivity index (χ3v) is 4.30. The number of para-hydroxylation sites is 1. The fraction of sp³-hybridized carbons (Fsp3) is 0. The van der Waals surface area contributed by atoms with Gasteiger partial charge in [0, 0.05) is 5.39 Å². The van der Waals surface area contributed by atoms with Crippen molar-refractivity contribution in [1.82, 2.24) is 9.78 Å². The van der Waals surface area contributed by atoms with E-state index in [2.05, 4.69) is 10.4 Å². The Kier molecular flexibility index (Phi) is 4.59. The number of hydrogen-bond donors (Lipinski definition) is 1. The Hall–Kier alpha value is -3.94. The molecule has 8 heteroatoms. The second-order valence-electron chi connectivity index (χ2n) is 6.12. The van der Waals surface area contributed by atoms with E-state index in [-0.39, 0.29) is 16.5 Å². The van der Waals surface area contributed by atoms with Crippen LogP contribution in [-0.4, -0.2) is 15.7 Å². The molecule has 0 bridgehead atoms. The summed E-state index contributed by atoms with van der Waals surface area (Å²) >= 11 is 0. The van der Waals surface area contributed by atoms with Crippen LogP contribution >= 0.6 is 0 Å². The van der Waals surface area contributed by atoms with Crippen LogP contribution in [0.2, 0.25) is 0 Å². The minimum absolute atomic E-state index is 0.173. The molecule has 0 spiro atoms. The first kappa shape index (κ1) is 18.4. The molecule has 3 aromatic carbocycles. The van der Waals surface area contributed by atoms with Crippen molar-refractivity contribution in [3.05, 3.63) is 100 Å². The topological polar surface area (TPSA) is 64.0 Å². The highest BCUT2D eigenvalue weighted by Crippen LogP contribution is 2.22. The molecule has 1 N–H and O–H groups in total. The minimum atomic E-state index is -1.70. The SMILES string of the molecule is O=C(Nc1ccc(F)c(F)c1F)c1nn(-c2ccccc2)c(=O)c2ccccc12. The molecule has 4 rings (SSSR count). The zero-order valence-corrected chi connectivity index (χ0v) is 14.7. The molecule has 29 heavy (non-hydrogen) atoms. The first-order chi connectivity index (χ1) is 14.0. The van der Waals surface area contributed by atoms with Crippen LogP contribution in [-0.2, 0) is 0 Å². The van der Waals surface area contributed by atoms with Crippen LogP contribution in [0.1, 0.15) is 10.5 Å². The minimum Gasteiger partial charge on any atom is -0.318 e. The van der Waals surface area contributed by atoms with Crippen LogP contribution in [0.25, 0.3) is 16.5 Å². The Bertz CT molecular complexity index is 1300. The maximum atomic E-state index is 14.0. The number of rotatable bonds is 3. The quantitative estimate of drug-likeness (QED) is 0.532. The molecule has 0 aliphatic heterocycles. The number of benzene rings is 3. The van der Waals surface area contributed by atoms with Gasteiger partial charge in [0.1, 0.15) is 0 Å². The van der Waals surface area contributed by atoms with Crippen molar-refractivity contribution in [3.63, 3.8) is 0 Å². The van der Waals surface area contributed by atoms with Gasteiger partial charge >= 0.3 is 0 Å². The van der Waals surface area contributed by atoms with Crippen LogP contribution in [0.5, 0.6) is 0 Å². The summed E-state index contributed by atoms with van der Waals surface area (Å²) in [7, 11) is 0. The van der Waals surface area contributed by atoms with Crippen LogP contribution in [0.3, 0.4) is 0 Å². The van der Waals surface area contributed by atoms with Gasteiger partial charge in [0.05, 0.1) is 16.8 Å². The number of fused-ring (bicyclic) bond motifs is 1. The number of amides is 1. The Labute approximate surface area is 162 Å². The molecule has 1 aromatic heterocycles. The van der Waals surface area contributed by atoms with Crippen molar-refractivity contribution in [2.24, 2.45) is 0 Å². The molecular weight excluding hydrogens is 383 g/mol. The number of hydrogen-bond acceptors (Lipinski definition) is 3. The van der Waals surface area contributed by atoms with Gasteiger partial charge in [0.15, 0.2) is 23.1 Å². The third kappa shape index (κ3) is 3.25. The van der Waals surface area contributed by atoms with E-state index in [1.807, 2.05) is 0 Å². The smallest absolute Gasteiger partial charge is 0.279 e. The fourth-order valence-corrected chi connectivity index (χ4v) is 2.91. The van der Waals surface area contributed by atoms with Gasteiger partial charge in [0.2, 0.25) is 0 Å². The molecule has 4 aromatic rings. The van der Waals surface area contributed by atoms with Gasteiger partial charge in [-0.05, 0) is 30.3 Å². The molecule has 1 heterocycles. The molecule has 0 saturated heterocycles. The summed E-state index contributed by atoms with van der Waals surface area (Å²) in [6, 6.07) is 16.4. The van der Waals surface area contributed by atoms with Gasteiger partial charge in [-0.15, -0.1) is 0 Å². The molecule has 5 nitrogen and oxygen atoms in total. The first-order valence-corrected chi connectivity index (χ1v) is 8.49. The second-order valence-corrected chi connectivity index (χ2v) is 6.12. The molecular formula is C21H12F3N3O2. The number of halogens is 3. The molecule has 144 valence electrons. The Morgan fingerprint density at radius 2 is 1.48 bits per heavy atom. The predicted molar refractivity (Wildman–Crippen MR) is 102 cm³/mol. The van der Waals surface area contributed by atoms with Gasteiger partial charge in [-0.3, -0.25) is 9.59 Å². The van der Waals surface area contributed by atoms with E-state index in [0.717, 1.165) is 10.7 Å². The number of carbonyl (C=O) groups excluding carboxylic acids is 1. The van der Waals surface area contributed by atoms with Gasteiger partial charge in [0.25, 0.3) is 11.5 Å². The van der Waals surface area contributed by atoms with Crippen molar-refractivity contribution >= 4 is 22.4 Å². The van der Waals surface area contributed by atoms with Crippen LogP contribution in [0, 0.1) is 17.5 Å². The maximum Gasteiger partial charge on any atom is 0.279 e. The summed E-state index contributed by atoms with van der Waals surface area (Å²) in [5.41, 5.74) is -0.732. The van der Waals surface area contributed by atoms with Gasteiger partial charge in [-0.2, -0.15) is 9.78 Å². The Balaban J connectivity index is 1.87. The van der Waals surface area contributed by atoms with E-state index >= 15 is 0 Å². The predicted octanol–water partition coefficient (Wildman–Crippen LogP) is 4.06. The van der Waals surface area contributed by atoms with Crippen LogP contribution in [0.4, 0.5) is 18.9 Å². The lowest BCUT2D eigenvalue weighted by molar-refractivity contribution is 0.102. The number of anilines is 1. The molecule has 0 aliphatic rings. The van der Waals surface area contributed by atoms with Crippen LogP contribution < -0.4 is 10.9 Å². The highest BCUT2D eigenvalue weighted by molar-refractivity contribution is 6.11. The Morgan fingerprint density at radius 3 is 2.21 bits per heavy atom. The fourth-order valence-electron chi connectivity index (χ4n) is 2.91. The van der Waals surface area contributed by atoms with Crippen molar-refractivity contribution in [3.8, 4) is 5.69 Å². The highest BCUT2D eigenvalue weighted by Gasteiger charge is 2.20. The highest BCUT2D eigenvalue weighted by atomic mass is 19.2. The van der Waals surface area contributed by atoms with Gasteiger partial charge in [-0.25, -0.2) is 13.2 Å². The summed E-state index contributed by atoms with van der Waals surface area (Å²) in [6.07, 6.45) is 0. The van der Waals surface area contributed by atoms with E-state index in [0.29, 0.717) is 11.8 Å². The molecule has 1 amide bonds.